The normalized spacial score (nSPS) is 15.4. The van der Waals surface area contributed by atoms with Gasteiger partial charge in [-0.2, -0.15) is 0 Å². The Balaban J connectivity index is 1.38. The van der Waals surface area contributed by atoms with Gasteiger partial charge in [-0.05, 0) is 53.9 Å². The molecule has 4 aromatic rings. The molecule has 12 heteroatoms. The molecular weight excluding hydrogens is 643 g/mol. The number of sulfonamides is 1. The smallest absolute Gasteiger partial charge is 0.420 e. The van der Waals surface area contributed by atoms with Crippen LogP contribution in [0.5, 0.6) is 0 Å². The number of carbonyl (C=O) groups excluding carboxylic acids is 3. The van der Waals surface area contributed by atoms with Gasteiger partial charge in [0.25, 0.3) is 10.0 Å². The molecule has 1 atom stereocenters. The zero-order valence-corrected chi connectivity index (χ0v) is 27.8. The highest BCUT2D eigenvalue weighted by Crippen LogP contribution is 2.38. The van der Waals surface area contributed by atoms with Gasteiger partial charge in [0, 0.05) is 13.1 Å². The van der Waals surface area contributed by atoms with Crippen molar-refractivity contribution in [3.05, 3.63) is 120 Å². The van der Waals surface area contributed by atoms with Crippen LogP contribution >= 0.6 is 0 Å². The maximum absolute atomic E-state index is 14.7. The van der Waals surface area contributed by atoms with Crippen molar-refractivity contribution in [3.63, 3.8) is 0 Å². The topological polar surface area (TPSA) is 120 Å². The van der Waals surface area contributed by atoms with Gasteiger partial charge in [-0.1, -0.05) is 98.3 Å². The second-order valence-electron chi connectivity index (χ2n) is 11.6. The van der Waals surface area contributed by atoms with Gasteiger partial charge >= 0.3 is 18.2 Å². The molecule has 0 unspecified atom stereocenters. The summed E-state index contributed by atoms with van der Waals surface area (Å²) in [5.74, 6) is 0. The average molecular weight is 680 g/mol. The van der Waals surface area contributed by atoms with Crippen LogP contribution < -0.4 is 14.5 Å². The molecule has 49 heavy (non-hydrogen) atoms. The van der Waals surface area contributed by atoms with E-state index in [4.69, 9.17) is 4.74 Å². The Hall–Kier alpha value is -5.62. The summed E-state index contributed by atoms with van der Waals surface area (Å²) in [5, 5.41) is -1.64. The summed E-state index contributed by atoms with van der Waals surface area (Å²) in [5.41, 5.74) is 3.82. The largest absolute Gasteiger partial charge is 0.449 e. The summed E-state index contributed by atoms with van der Waals surface area (Å²) in [6, 6.07) is 31.6. The first-order valence-electron chi connectivity index (χ1n) is 16.1. The van der Waals surface area contributed by atoms with Crippen LogP contribution in [0.4, 0.5) is 37.1 Å². The zero-order valence-electron chi connectivity index (χ0n) is 27.0. The fourth-order valence-electron chi connectivity index (χ4n) is 5.91. The lowest BCUT2D eigenvalue weighted by Gasteiger charge is -2.43. The van der Waals surface area contributed by atoms with Crippen molar-refractivity contribution in [2.45, 2.75) is 25.1 Å². The molecule has 0 saturated carbocycles. The molecule has 0 aliphatic carbocycles. The zero-order chi connectivity index (χ0) is 34.4. The Morgan fingerprint density at radius 3 is 1.86 bits per heavy atom. The number of piperazine rings is 1. The van der Waals surface area contributed by atoms with Crippen molar-refractivity contribution in [3.8, 4) is 0 Å². The monoisotopic (exact) mass is 679 g/mol. The van der Waals surface area contributed by atoms with Gasteiger partial charge in [0.2, 0.25) is 0 Å². The molecule has 5 amide bonds. The van der Waals surface area contributed by atoms with Gasteiger partial charge in [-0.15, -0.1) is 0 Å². The van der Waals surface area contributed by atoms with Crippen LogP contribution in [-0.2, 0) is 14.8 Å². The number of hydrogen-bond acceptors (Lipinski definition) is 6. The number of carbonyl (C=O) groups is 3. The first-order valence-corrected chi connectivity index (χ1v) is 17.7. The summed E-state index contributed by atoms with van der Waals surface area (Å²) in [6.07, 6.45) is 3.97. The third-order valence-electron chi connectivity index (χ3n) is 8.38. The summed E-state index contributed by atoms with van der Waals surface area (Å²) in [7, 11) is -4.61. The van der Waals surface area contributed by atoms with Crippen molar-refractivity contribution in [2.24, 2.45) is 0 Å². The number of nitrogens with one attached hydrogen (secondary N) is 1. The molecule has 252 valence electrons. The van der Waals surface area contributed by atoms with E-state index in [1.54, 1.807) is 48.5 Å². The number of rotatable bonds is 7. The highest BCUT2D eigenvalue weighted by molar-refractivity contribution is 7.90. The number of urea groups is 2. The summed E-state index contributed by atoms with van der Waals surface area (Å²) >= 11 is 0. The number of hydrogen-bond donors (Lipinski definition) is 1. The number of unbranched alkanes of at least 4 members (excludes halogenated alkanes) is 1. The number of amides is 5. The van der Waals surface area contributed by atoms with Crippen LogP contribution in [0.25, 0.3) is 12.2 Å². The number of ether oxygens (including phenoxy) is 1. The third kappa shape index (κ3) is 7.14. The summed E-state index contributed by atoms with van der Waals surface area (Å²) in [4.78, 5) is 47.4. The first-order chi connectivity index (χ1) is 23.8. The van der Waals surface area contributed by atoms with Gasteiger partial charge in [0.05, 0.1) is 35.9 Å². The Labute approximate surface area is 286 Å². The van der Waals surface area contributed by atoms with Crippen molar-refractivity contribution >= 4 is 63.1 Å². The fourth-order valence-corrected chi connectivity index (χ4v) is 7.24. The molecule has 0 spiro atoms. The molecule has 2 aliphatic heterocycles. The van der Waals surface area contributed by atoms with Gasteiger partial charge in [0.15, 0.2) is 5.37 Å². The Morgan fingerprint density at radius 1 is 0.776 bits per heavy atom. The van der Waals surface area contributed by atoms with Crippen LogP contribution in [0.15, 0.2) is 109 Å². The number of benzene rings is 4. The highest BCUT2D eigenvalue weighted by Gasteiger charge is 2.45. The second kappa shape index (κ2) is 14.7. The second-order valence-corrected chi connectivity index (χ2v) is 13.4. The maximum atomic E-state index is 14.7. The lowest BCUT2D eigenvalue weighted by atomic mass is 10.1. The number of anilines is 4. The standard InChI is InChI=1S/C37H37N5O6S/c1-2-3-26-48-35(43)38-49(46,47)34-27-39(36(44)41(30-16-6-4-7-17-30)31-18-8-5-9-19-31)24-25-40(34)37(45)42-32-20-12-10-14-28(32)22-23-29-15-11-13-21-33(29)42/h4-23,34H,2-3,24-27H2,1H3,(H,38,43)/t34-/m1/s1. The van der Waals surface area contributed by atoms with Crippen molar-refractivity contribution in [1.82, 2.24) is 14.5 Å². The fraction of sp³-hybridized carbons (Fsp3) is 0.216. The molecule has 0 bridgehead atoms. The van der Waals surface area contributed by atoms with E-state index >= 15 is 0 Å². The van der Waals surface area contributed by atoms with E-state index in [1.807, 2.05) is 84.5 Å². The van der Waals surface area contributed by atoms with E-state index in [0.717, 1.165) is 17.5 Å². The molecule has 0 radical (unpaired) electrons. The minimum atomic E-state index is -4.61. The van der Waals surface area contributed by atoms with Crippen LogP contribution in [0, 0.1) is 0 Å². The van der Waals surface area contributed by atoms with Gasteiger partial charge < -0.3 is 14.5 Å². The lowest BCUT2D eigenvalue weighted by molar-refractivity contribution is 0.136. The molecule has 1 saturated heterocycles. The average Bonchev–Trinajstić information content (AvgIpc) is 3.29. The molecule has 11 nitrogen and oxygen atoms in total. The highest BCUT2D eigenvalue weighted by atomic mass is 32.2. The van der Waals surface area contributed by atoms with E-state index in [1.165, 1.54) is 19.6 Å². The molecule has 1 N–H and O–H groups in total. The molecule has 4 aromatic carbocycles. The van der Waals surface area contributed by atoms with E-state index < -0.39 is 40.1 Å². The van der Waals surface area contributed by atoms with E-state index in [9.17, 15) is 22.8 Å². The molecule has 1 fully saturated rings. The molecule has 2 heterocycles. The molecule has 0 aromatic heterocycles. The number of para-hydroxylation sites is 4. The van der Waals surface area contributed by atoms with Gasteiger partial charge in [-0.3, -0.25) is 9.80 Å². The summed E-state index contributed by atoms with van der Waals surface area (Å²) < 4.78 is 35.3. The molecule has 2 aliphatic rings. The van der Waals surface area contributed by atoms with Gasteiger partial charge in [-0.25, -0.2) is 27.5 Å². The SMILES string of the molecule is CCCCOC(=O)NS(=O)(=O)[C@@H]1CN(C(=O)N(c2ccccc2)c2ccccc2)CCN1C(=O)N1c2ccccc2C=Cc2ccccc21. The Morgan fingerprint density at radius 2 is 1.31 bits per heavy atom. The predicted molar refractivity (Wildman–Crippen MR) is 190 cm³/mol. The van der Waals surface area contributed by atoms with Crippen LogP contribution in [0.3, 0.4) is 0 Å². The van der Waals surface area contributed by atoms with Crippen LogP contribution in [-0.4, -0.2) is 68.0 Å². The minimum Gasteiger partial charge on any atom is -0.449 e. The minimum absolute atomic E-state index is 0.0308. The number of fused-ring (bicyclic) bond motifs is 2. The van der Waals surface area contributed by atoms with E-state index in [2.05, 4.69) is 0 Å². The quantitative estimate of drug-likeness (QED) is 0.207. The molecular formula is C37H37N5O6S. The maximum Gasteiger partial charge on any atom is 0.420 e. The van der Waals surface area contributed by atoms with Crippen molar-refractivity contribution < 1.29 is 27.5 Å². The molecule has 6 rings (SSSR count). The lowest BCUT2D eigenvalue weighted by Crippen LogP contribution is -2.64. The summed E-state index contributed by atoms with van der Waals surface area (Å²) in [6.45, 7) is 1.44. The van der Waals surface area contributed by atoms with Crippen LogP contribution in [0.2, 0.25) is 0 Å². The van der Waals surface area contributed by atoms with Gasteiger partial charge in [0.1, 0.15) is 0 Å². The third-order valence-corrected chi connectivity index (χ3v) is 9.95. The van der Waals surface area contributed by atoms with Crippen LogP contribution in [0.1, 0.15) is 30.9 Å². The van der Waals surface area contributed by atoms with Crippen molar-refractivity contribution in [1.29, 1.82) is 0 Å². The van der Waals surface area contributed by atoms with E-state index in [0.29, 0.717) is 29.2 Å². The predicted octanol–water partition coefficient (Wildman–Crippen LogP) is 7.19. The number of nitrogens with zero attached hydrogens (tertiary/aromatic N) is 4. The van der Waals surface area contributed by atoms with Crippen molar-refractivity contribution in [2.75, 3.05) is 36.0 Å². The van der Waals surface area contributed by atoms with E-state index in [-0.39, 0.29) is 19.7 Å². The Bertz CT molecular complexity index is 1870. The Kier molecular flexibility index (Phi) is 9.95. The first kappa shape index (κ1) is 33.3.